The molecule has 0 bridgehead atoms. The maximum atomic E-state index is 4.78. The summed E-state index contributed by atoms with van der Waals surface area (Å²) < 4.78 is 0. The Morgan fingerprint density at radius 3 is 2.26 bits per heavy atom. The van der Waals surface area contributed by atoms with Gasteiger partial charge >= 0.3 is 0 Å². The molecule has 108 valence electrons. The average Bonchev–Trinajstić information content (AvgIpc) is 2.35. The number of pyridine rings is 1. The Morgan fingerprint density at radius 2 is 1.74 bits per heavy atom. The zero-order valence-electron chi connectivity index (χ0n) is 13.1. The average molecular weight is 263 g/mol. The standard InChI is InChI=1S/C16H29N3/c1-6-17-10-15-8-7-9-16(18-15)19(11-13(2)3)12-14(4)5/h7-9,13-14,17H,6,10-12H2,1-5H3. The van der Waals surface area contributed by atoms with Crippen molar-refractivity contribution < 1.29 is 0 Å². The van der Waals surface area contributed by atoms with Crippen LogP contribution in [0, 0.1) is 11.8 Å². The van der Waals surface area contributed by atoms with Crippen LogP contribution in [-0.2, 0) is 6.54 Å². The first-order valence-corrected chi connectivity index (χ1v) is 7.44. The Morgan fingerprint density at radius 1 is 1.11 bits per heavy atom. The van der Waals surface area contributed by atoms with E-state index < -0.39 is 0 Å². The molecule has 3 heteroatoms. The molecule has 0 aliphatic carbocycles. The molecule has 0 saturated heterocycles. The van der Waals surface area contributed by atoms with Crippen molar-refractivity contribution in [2.45, 2.75) is 41.2 Å². The van der Waals surface area contributed by atoms with Gasteiger partial charge in [-0.3, -0.25) is 0 Å². The van der Waals surface area contributed by atoms with E-state index in [4.69, 9.17) is 4.98 Å². The third-order valence-electron chi connectivity index (χ3n) is 2.84. The van der Waals surface area contributed by atoms with Crippen molar-refractivity contribution in [2.24, 2.45) is 11.8 Å². The van der Waals surface area contributed by atoms with Crippen LogP contribution < -0.4 is 10.2 Å². The maximum Gasteiger partial charge on any atom is 0.128 e. The van der Waals surface area contributed by atoms with Gasteiger partial charge in [-0.25, -0.2) is 4.98 Å². The van der Waals surface area contributed by atoms with Crippen LogP contribution >= 0.6 is 0 Å². The molecule has 0 amide bonds. The summed E-state index contributed by atoms with van der Waals surface area (Å²) >= 11 is 0. The van der Waals surface area contributed by atoms with E-state index in [0.29, 0.717) is 11.8 Å². The van der Waals surface area contributed by atoms with E-state index in [9.17, 15) is 0 Å². The Labute approximate surface area is 118 Å². The zero-order valence-corrected chi connectivity index (χ0v) is 13.1. The first-order chi connectivity index (χ1) is 9.02. The monoisotopic (exact) mass is 263 g/mol. The van der Waals surface area contributed by atoms with Gasteiger partial charge in [-0.2, -0.15) is 0 Å². The van der Waals surface area contributed by atoms with Gasteiger partial charge in [0.2, 0.25) is 0 Å². The minimum Gasteiger partial charge on any atom is -0.356 e. The van der Waals surface area contributed by atoms with E-state index in [1.54, 1.807) is 0 Å². The van der Waals surface area contributed by atoms with Crippen LogP contribution in [-0.4, -0.2) is 24.6 Å². The van der Waals surface area contributed by atoms with Gasteiger partial charge in [0, 0.05) is 19.6 Å². The molecule has 0 fully saturated rings. The van der Waals surface area contributed by atoms with Crippen molar-refractivity contribution in [1.29, 1.82) is 0 Å². The number of hydrogen-bond acceptors (Lipinski definition) is 3. The topological polar surface area (TPSA) is 28.2 Å². The number of hydrogen-bond donors (Lipinski definition) is 1. The summed E-state index contributed by atoms with van der Waals surface area (Å²) in [5.41, 5.74) is 1.12. The Bertz CT molecular complexity index is 351. The van der Waals surface area contributed by atoms with E-state index in [-0.39, 0.29) is 0 Å². The molecular weight excluding hydrogens is 234 g/mol. The predicted molar refractivity (Wildman–Crippen MR) is 83.5 cm³/mol. The van der Waals surface area contributed by atoms with Crippen molar-refractivity contribution in [3.8, 4) is 0 Å². The van der Waals surface area contributed by atoms with Gasteiger partial charge in [-0.05, 0) is 30.5 Å². The van der Waals surface area contributed by atoms with Gasteiger partial charge in [0.15, 0.2) is 0 Å². The van der Waals surface area contributed by atoms with Crippen LogP contribution in [0.2, 0.25) is 0 Å². The number of nitrogens with zero attached hydrogens (tertiary/aromatic N) is 2. The molecule has 0 aromatic carbocycles. The van der Waals surface area contributed by atoms with Crippen molar-refractivity contribution in [1.82, 2.24) is 10.3 Å². The van der Waals surface area contributed by atoms with Crippen molar-refractivity contribution >= 4 is 5.82 Å². The number of nitrogens with one attached hydrogen (secondary N) is 1. The second kappa shape index (κ2) is 8.16. The van der Waals surface area contributed by atoms with Crippen LogP contribution in [0.1, 0.15) is 40.3 Å². The molecule has 0 unspecified atom stereocenters. The van der Waals surface area contributed by atoms with Crippen molar-refractivity contribution in [3.63, 3.8) is 0 Å². The fourth-order valence-corrected chi connectivity index (χ4v) is 2.14. The van der Waals surface area contributed by atoms with E-state index in [2.05, 4.69) is 63.0 Å². The highest BCUT2D eigenvalue weighted by Crippen LogP contribution is 2.15. The highest BCUT2D eigenvalue weighted by molar-refractivity contribution is 5.39. The summed E-state index contributed by atoms with van der Waals surface area (Å²) in [5, 5.41) is 3.33. The smallest absolute Gasteiger partial charge is 0.128 e. The summed E-state index contributed by atoms with van der Waals surface area (Å²) in [6, 6.07) is 6.33. The molecule has 0 saturated carbocycles. The van der Waals surface area contributed by atoms with E-state index in [0.717, 1.165) is 37.7 Å². The lowest BCUT2D eigenvalue weighted by atomic mass is 10.1. The number of rotatable bonds is 8. The molecule has 0 spiro atoms. The van der Waals surface area contributed by atoms with E-state index in [1.165, 1.54) is 0 Å². The van der Waals surface area contributed by atoms with E-state index in [1.807, 2.05) is 0 Å². The fourth-order valence-electron chi connectivity index (χ4n) is 2.14. The number of aromatic nitrogens is 1. The molecule has 19 heavy (non-hydrogen) atoms. The van der Waals surface area contributed by atoms with E-state index >= 15 is 0 Å². The summed E-state index contributed by atoms with van der Waals surface area (Å²) in [5.74, 6) is 2.41. The summed E-state index contributed by atoms with van der Waals surface area (Å²) in [6.45, 7) is 15.1. The van der Waals surface area contributed by atoms with Gasteiger partial charge in [0.25, 0.3) is 0 Å². The lowest BCUT2D eigenvalue weighted by Crippen LogP contribution is -2.32. The normalized spacial score (nSPS) is 11.3. The first-order valence-electron chi connectivity index (χ1n) is 7.44. The lowest BCUT2D eigenvalue weighted by molar-refractivity contribution is 0.547. The third-order valence-corrected chi connectivity index (χ3v) is 2.84. The molecular formula is C16H29N3. The van der Waals surface area contributed by atoms with Gasteiger partial charge in [-0.1, -0.05) is 40.7 Å². The highest BCUT2D eigenvalue weighted by atomic mass is 15.2. The quantitative estimate of drug-likeness (QED) is 0.780. The minimum atomic E-state index is 0.651. The second-order valence-electron chi connectivity index (χ2n) is 5.96. The Balaban J connectivity index is 2.81. The minimum absolute atomic E-state index is 0.651. The molecule has 0 aliphatic heterocycles. The molecule has 1 N–H and O–H groups in total. The van der Waals surface area contributed by atoms with Crippen LogP contribution in [0.5, 0.6) is 0 Å². The largest absolute Gasteiger partial charge is 0.356 e. The van der Waals surface area contributed by atoms with Crippen LogP contribution in [0.15, 0.2) is 18.2 Å². The van der Waals surface area contributed by atoms with Crippen LogP contribution in [0.25, 0.3) is 0 Å². The van der Waals surface area contributed by atoms with Gasteiger partial charge in [0.1, 0.15) is 5.82 Å². The van der Waals surface area contributed by atoms with Gasteiger partial charge in [-0.15, -0.1) is 0 Å². The molecule has 0 aliphatic rings. The summed E-state index contributed by atoms with van der Waals surface area (Å²) in [4.78, 5) is 7.19. The SMILES string of the molecule is CCNCc1cccc(N(CC(C)C)CC(C)C)n1. The predicted octanol–water partition coefficient (Wildman–Crippen LogP) is 3.31. The molecule has 1 aromatic heterocycles. The van der Waals surface area contributed by atoms with Crippen LogP contribution in [0.3, 0.4) is 0 Å². The molecule has 1 rings (SSSR count). The molecule has 0 atom stereocenters. The molecule has 0 radical (unpaired) electrons. The van der Waals surface area contributed by atoms with Gasteiger partial charge < -0.3 is 10.2 Å². The van der Waals surface area contributed by atoms with Gasteiger partial charge in [0.05, 0.1) is 5.69 Å². The first kappa shape index (κ1) is 16.0. The summed E-state index contributed by atoms with van der Waals surface area (Å²) in [6.07, 6.45) is 0. The van der Waals surface area contributed by atoms with Crippen LogP contribution in [0.4, 0.5) is 5.82 Å². The summed E-state index contributed by atoms with van der Waals surface area (Å²) in [7, 11) is 0. The zero-order chi connectivity index (χ0) is 14.3. The second-order valence-corrected chi connectivity index (χ2v) is 5.96. The molecule has 1 aromatic rings. The van der Waals surface area contributed by atoms with Crippen molar-refractivity contribution in [2.75, 3.05) is 24.5 Å². The number of anilines is 1. The maximum absolute atomic E-state index is 4.78. The highest BCUT2D eigenvalue weighted by Gasteiger charge is 2.12. The lowest BCUT2D eigenvalue weighted by Gasteiger charge is -2.27. The fraction of sp³-hybridized carbons (Fsp3) is 0.688. The molecule has 3 nitrogen and oxygen atoms in total. The third kappa shape index (κ3) is 6.06. The Kier molecular flexibility index (Phi) is 6.85. The molecule has 1 heterocycles. The van der Waals surface area contributed by atoms with Crippen molar-refractivity contribution in [3.05, 3.63) is 23.9 Å². The Hall–Kier alpha value is -1.09.